The van der Waals surface area contributed by atoms with Gasteiger partial charge in [0.05, 0.1) is 0 Å². The molecule has 0 amide bonds. The second-order valence-electron chi connectivity index (χ2n) is 3.58. The Balaban J connectivity index is 3.75. The molecule has 0 aromatic rings. The van der Waals surface area contributed by atoms with Gasteiger partial charge >= 0.3 is 0 Å². The molecule has 0 saturated heterocycles. The molecule has 0 aromatic carbocycles. The summed E-state index contributed by atoms with van der Waals surface area (Å²) in [4.78, 5) is 0. The Bertz CT molecular complexity index is 133. The third kappa shape index (κ3) is 8.23. The van der Waals surface area contributed by atoms with Crippen molar-refractivity contribution < 1.29 is 0 Å². The van der Waals surface area contributed by atoms with Crippen LogP contribution in [-0.2, 0) is 0 Å². The van der Waals surface area contributed by atoms with Gasteiger partial charge in [0.2, 0.25) is 0 Å². The molecule has 0 radical (unpaired) electrons. The lowest BCUT2D eigenvalue weighted by Crippen LogP contribution is -2.02. The quantitative estimate of drug-likeness (QED) is 0.385. The van der Waals surface area contributed by atoms with Gasteiger partial charge in [-0.1, -0.05) is 11.6 Å². The SMILES string of the molecule is NCCCC=C(CCCN)CCCN. The third-order valence-corrected chi connectivity index (χ3v) is 2.25. The van der Waals surface area contributed by atoms with Gasteiger partial charge in [0, 0.05) is 0 Å². The summed E-state index contributed by atoms with van der Waals surface area (Å²) in [6, 6.07) is 0. The van der Waals surface area contributed by atoms with Gasteiger partial charge in [-0.2, -0.15) is 0 Å². The minimum absolute atomic E-state index is 0.775. The van der Waals surface area contributed by atoms with Crippen molar-refractivity contribution in [1.29, 1.82) is 0 Å². The van der Waals surface area contributed by atoms with Crippen molar-refractivity contribution in [2.24, 2.45) is 17.2 Å². The minimum atomic E-state index is 0.775. The zero-order valence-electron chi connectivity index (χ0n) is 9.17. The van der Waals surface area contributed by atoms with Gasteiger partial charge in [0.15, 0.2) is 0 Å². The fraction of sp³-hybridized carbons (Fsp3) is 0.818. The van der Waals surface area contributed by atoms with Crippen molar-refractivity contribution in [1.82, 2.24) is 0 Å². The molecule has 0 aliphatic rings. The van der Waals surface area contributed by atoms with E-state index in [0.29, 0.717) is 0 Å². The number of hydrogen-bond acceptors (Lipinski definition) is 3. The molecule has 0 aliphatic heterocycles. The molecule has 0 bridgehead atoms. The zero-order valence-corrected chi connectivity index (χ0v) is 9.17. The van der Waals surface area contributed by atoms with Crippen molar-refractivity contribution in [3.63, 3.8) is 0 Å². The fourth-order valence-electron chi connectivity index (χ4n) is 1.41. The normalized spacial score (nSPS) is 10.2. The van der Waals surface area contributed by atoms with Crippen LogP contribution in [0.3, 0.4) is 0 Å². The largest absolute Gasteiger partial charge is 0.330 e. The highest BCUT2D eigenvalue weighted by molar-refractivity contribution is 5.02. The van der Waals surface area contributed by atoms with Crippen LogP contribution < -0.4 is 17.2 Å². The van der Waals surface area contributed by atoms with Crippen LogP contribution in [-0.4, -0.2) is 19.6 Å². The van der Waals surface area contributed by atoms with E-state index >= 15 is 0 Å². The summed E-state index contributed by atoms with van der Waals surface area (Å²) in [6.45, 7) is 2.32. The second kappa shape index (κ2) is 10.7. The Hall–Kier alpha value is -0.380. The van der Waals surface area contributed by atoms with Gasteiger partial charge in [-0.3, -0.25) is 0 Å². The third-order valence-electron chi connectivity index (χ3n) is 2.25. The molecule has 6 N–H and O–H groups in total. The van der Waals surface area contributed by atoms with Crippen LogP contribution >= 0.6 is 0 Å². The molecule has 0 unspecified atom stereocenters. The van der Waals surface area contributed by atoms with Gasteiger partial charge in [-0.05, 0) is 58.2 Å². The summed E-state index contributed by atoms with van der Waals surface area (Å²) in [5, 5.41) is 0. The predicted molar refractivity (Wildman–Crippen MR) is 62.9 cm³/mol. The highest BCUT2D eigenvalue weighted by Crippen LogP contribution is 2.12. The van der Waals surface area contributed by atoms with Gasteiger partial charge in [0.1, 0.15) is 0 Å². The molecular formula is C11H25N3. The summed E-state index contributed by atoms with van der Waals surface area (Å²) in [7, 11) is 0. The highest BCUT2D eigenvalue weighted by atomic mass is 14.5. The molecule has 0 atom stereocenters. The topological polar surface area (TPSA) is 78.1 Å². The van der Waals surface area contributed by atoms with E-state index in [0.717, 1.165) is 58.2 Å². The Morgan fingerprint density at radius 3 is 1.71 bits per heavy atom. The van der Waals surface area contributed by atoms with E-state index < -0.39 is 0 Å². The highest BCUT2D eigenvalue weighted by Gasteiger charge is 1.96. The van der Waals surface area contributed by atoms with Crippen molar-refractivity contribution in [2.45, 2.75) is 38.5 Å². The minimum Gasteiger partial charge on any atom is -0.330 e. The molecule has 84 valence electrons. The van der Waals surface area contributed by atoms with Crippen LogP contribution in [0.25, 0.3) is 0 Å². The summed E-state index contributed by atoms with van der Waals surface area (Å²) in [6.07, 6.45) is 8.91. The van der Waals surface area contributed by atoms with Crippen LogP contribution in [0.2, 0.25) is 0 Å². The average molecular weight is 199 g/mol. The van der Waals surface area contributed by atoms with Crippen molar-refractivity contribution in [2.75, 3.05) is 19.6 Å². The van der Waals surface area contributed by atoms with Gasteiger partial charge in [-0.15, -0.1) is 0 Å². The average Bonchev–Trinajstić information content (AvgIpc) is 2.21. The molecule has 0 fully saturated rings. The van der Waals surface area contributed by atoms with Crippen molar-refractivity contribution >= 4 is 0 Å². The fourth-order valence-corrected chi connectivity index (χ4v) is 1.41. The Morgan fingerprint density at radius 2 is 1.29 bits per heavy atom. The molecule has 0 saturated carbocycles. The maximum atomic E-state index is 5.49. The van der Waals surface area contributed by atoms with Gasteiger partial charge < -0.3 is 17.2 Å². The lowest BCUT2D eigenvalue weighted by atomic mass is 10.0. The summed E-state index contributed by atoms with van der Waals surface area (Å²) in [5.74, 6) is 0. The number of hydrogen-bond donors (Lipinski definition) is 3. The van der Waals surface area contributed by atoms with E-state index in [9.17, 15) is 0 Å². The van der Waals surface area contributed by atoms with E-state index in [-0.39, 0.29) is 0 Å². The van der Waals surface area contributed by atoms with Crippen LogP contribution in [0.15, 0.2) is 11.6 Å². The van der Waals surface area contributed by atoms with Crippen LogP contribution in [0.5, 0.6) is 0 Å². The molecule has 0 spiro atoms. The second-order valence-corrected chi connectivity index (χ2v) is 3.58. The smallest absolute Gasteiger partial charge is 0.00742 e. The molecule has 0 aliphatic carbocycles. The Kier molecular flexibility index (Phi) is 10.4. The van der Waals surface area contributed by atoms with Gasteiger partial charge in [-0.25, -0.2) is 0 Å². The Labute approximate surface area is 87.7 Å². The van der Waals surface area contributed by atoms with Crippen LogP contribution in [0.1, 0.15) is 38.5 Å². The first kappa shape index (κ1) is 13.6. The predicted octanol–water partition coefficient (Wildman–Crippen LogP) is 1.13. The standard InChI is InChI=1S/C11H25N3/c12-8-2-1-5-11(6-3-9-13)7-4-10-14/h5H,1-4,6-10,12-14H2. The summed E-state index contributed by atoms with van der Waals surface area (Å²) < 4.78 is 0. The molecule has 0 aromatic heterocycles. The molecular weight excluding hydrogens is 174 g/mol. The van der Waals surface area contributed by atoms with E-state index in [1.807, 2.05) is 0 Å². The van der Waals surface area contributed by atoms with Crippen LogP contribution in [0, 0.1) is 0 Å². The maximum absolute atomic E-state index is 5.49. The monoisotopic (exact) mass is 199 g/mol. The molecule has 3 heteroatoms. The van der Waals surface area contributed by atoms with E-state index in [4.69, 9.17) is 17.2 Å². The first-order chi connectivity index (χ1) is 6.85. The summed E-state index contributed by atoms with van der Waals surface area (Å²) >= 11 is 0. The molecule has 0 rings (SSSR count). The first-order valence-corrected chi connectivity index (χ1v) is 5.63. The van der Waals surface area contributed by atoms with E-state index in [1.54, 1.807) is 0 Å². The van der Waals surface area contributed by atoms with E-state index in [1.165, 1.54) is 5.57 Å². The molecule has 14 heavy (non-hydrogen) atoms. The number of rotatable bonds is 9. The maximum Gasteiger partial charge on any atom is -0.00742 e. The lowest BCUT2D eigenvalue weighted by molar-refractivity contribution is 0.732. The number of nitrogens with two attached hydrogens (primary N) is 3. The van der Waals surface area contributed by atoms with Crippen LogP contribution in [0.4, 0.5) is 0 Å². The Morgan fingerprint density at radius 1 is 0.786 bits per heavy atom. The molecule has 0 heterocycles. The van der Waals surface area contributed by atoms with Crippen molar-refractivity contribution in [3.8, 4) is 0 Å². The zero-order chi connectivity index (χ0) is 10.6. The lowest BCUT2D eigenvalue weighted by Gasteiger charge is -2.06. The summed E-state index contributed by atoms with van der Waals surface area (Å²) in [5.41, 5.74) is 17.9. The molecule has 3 nitrogen and oxygen atoms in total. The van der Waals surface area contributed by atoms with E-state index in [2.05, 4.69) is 6.08 Å². The number of allylic oxidation sites excluding steroid dienone is 2. The van der Waals surface area contributed by atoms with Crippen molar-refractivity contribution in [3.05, 3.63) is 11.6 Å². The first-order valence-electron chi connectivity index (χ1n) is 5.63. The van der Waals surface area contributed by atoms with Gasteiger partial charge in [0.25, 0.3) is 0 Å². The number of unbranched alkanes of at least 4 members (excludes halogenated alkanes) is 1.